The maximum atomic E-state index is 12.5. The van der Waals surface area contributed by atoms with Crippen LogP contribution in [-0.4, -0.2) is 36.3 Å². The summed E-state index contributed by atoms with van der Waals surface area (Å²) in [6.45, 7) is 9.09. The summed E-state index contributed by atoms with van der Waals surface area (Å²) in [6, 6.07) is 0. The Morgan fingerprint density at radius 1 is 0.784 bits per heavy atom. The van der Waals surface area contributed by atoms with Crippen LogP contribution in [0.2, 0.25) is 0 Å². The Morgan fingerprint density at radius 2 is 1.41 bits per heavy atom. The lowest BCUT2D eigenvalue weighted by atomic mass is 9.94. The summed E-state index contributed by atoms with van der Waals surface area (Å²) in [7, 11) is 0. The fraction of sp³-hybridized carbons (Fsp3) is 0.536. The fourth-order valence-electron chi connectivity index (χ4n) is 3.18. The highest BCUT2D eigenvalue weighted by atomic mass is 16.5. The molecule has 37 heavy (non-hydrogen) atoms. The van der Waals surface area contributed by atoms with Gasteiger partial charge in [-0.3, -0.25) is 24.0 Å². The van der Waals surface area contributed by atoms with Crippen molar-refractivity contribution in [1.82, 2.24) is 0 Å². The average molecular weight is 521 g/mol. The number of rotatable bonds is 17. The van der Waals surface area contributed by atoms with Crippen molar-refractivity contribution in [2.75, 3.05) is 6.61 Å². The molecule has 0 N–H and O–H groups in total. The molecule has 0 aromatic carbocycles. The van der Waals surface area contributed by atoms with Crippen molar-refractivity contribution in [3.8, 4) is 0 Å². The van der Waals surface area contributed by atoms with Crippen LogP contribution in [0.25, 0.3) is 0 Å². The molecule has 0 saturated carbocycles. The number of carbonyl (C=O) groups is 5. The number of ether oxygens (including phenoxy) is 4. The molecule has 1 unspecified atom stereocenters. The molecular weight excluding hydrogens is 480 g/mol. The van der Waals surface area contributed by atoms with Crippen molar-refractivity contribution in [3.63, 3.8) is 0 Å². The largest absolute Gasteiger partial charge is 0.461 e. The lowest BCUT2D eigenvalue weighted by Gasteiger charge is -2.12. The van der Waals surface area contributed by atoms with Gasteiger partial charge in [-0.05, 0) is 56.6 Å². The van der Waals surface area contributed by atoms with Crippen molar-refractivity contribution >= 4 is 29.7 Å². The lowest BCUT2D eigenvalue weighted by molar-refractivity contribution is -0.140. The third kappa shape index (κ3) is 21.5. The molecule has 0 fully saturated rings. The smallest absolute Gasteiger partial charge is 0.307 e. The summed E-state index contributed by atoms with van der Waals surface area (Å²) in [5, 5.41) is 0. The molecule has 9 nitrogen and oxygen atoms in total. The zero-order valence-corrected chi connectivity index (χ0v) is 22.8. The van der Waals surface area contributed by atoms with Crippen LogP contribution >= 0.6 is 0 Å². The van der Waals surface area contributed by atoms with E-state index in [0.29, 0.717) is 24.0 Å². The Labute approximate surface area is 219 Å². The van der Waals surface area contributed by atoms with Gasteiger partial charge in [0.2, 0.25) is 0 Å². The molecule has 0 aromatic rings. The zero-order valence-electron chi connectivity index (χ0n) is 22.8. The first-order valence-corrected chi connectivity index (χ1v) is 12.2. The maximum absolute atomic E-state index is 12.5. The van der Waals surface area contributed by atoms with E-state index >= 15 is 0 Å². The minimum absolute atomic E-state index is 0.0146. The number of allylic oxidation sites excluding steroid dienone is 4. The molecule has 0 aliphatic heterocycles. The molecule has 0 aliphatic rings. The minimum Gasteiger partial charge on any atom is -0.461 e. The third-order valence-electron chi connectivity index (χ3n) is 4.94. The Balaban J connectivity index is 4.60. The molecule has 0 bridgehead atoms. The van der Waals surface area contributed by atoms with Crippen molar-refractivity contribution in [2.24, 2.45) is 5.92 Å². The van der Waals surface area contributed by atoms with Crippen LogP contribution in [0.3, 0.4) is 0 Å². The molecular formula is C28H40O9. The van der Waals surface area contributed by atoms with Gasteiger partial charge in [0.15, 0.2) is 0 Å². The summed E-state index contributed by atoms with van der Waals surface area (Å²) in [5.41, 5.74) is 2.36. The highest BCUT2D eigenvalue weighted by Crippen LogP contribution is 2.19. The SMILES string of the molecule is CC(=O)OC=CC(=COC(C)=O)CCC=C(C)CCCC(C)CC(=O)CC(=COC(C)=O)COC(C)=O. The number of Topliss-reactive ketones (excluding diaryl/α,β-unsaturated/α-hetero) is 1. The van der Waals surface area contributed by atoms with Gasteiger partial charge in [0.25, 0.3) is 0 Å². The van der Waals surface area contributed by atoms with Gasteiger partial charge in [0.05, 0.1) is 18.8 Å². The van der Waals surface area contributed by atoms with Gasteiger partial charge >= 0.3 is 23.9 Å². The Bertz CT molecular complexity index is 907. The first kappa shape index (κ1) is 33.5. The van der Waals surface area contributed by atoms with E-state index in [1.54, 1.807) is 6.08 Å². The van der Waals surface area contributed by atoms with Gasteiger partial charge < -0.3 is 18.9 Å². The predicted octanol–water partition coefficient (Wildman–Crippen LogP) is 5.40. The van der Waals surface area contributed by atoms with Crippen molar-refractivity contribution in [3.05, 3.63) is 47.7 Å². The highest BCUT2D eigenvalue weighted by molar-refractivity contribution is 5.81. The van der Waals surface area contributed by atoms with Crippen LogP contribution in [0, 0.1) is 5.92 Å². The monoisotopic (exact) mass is 520 g/mol. The van der Waals surface area contributed by atoms with E-state index in [2.05, 4.69) is 6.08 Å². The summed E-state index contributed by atoms with van der Waals surface area (Å²) in [6.07, 6.45) is 11.9. The molecule has 0 spiro atoms. The number of esters is 4. The summed E-state index contributed by atoms with van der Waals surface area (Å²) < 4.78 is 19.5. The second-order valence-corrected chi connectivity index (χ2v) is 8.89. The van der Waals surface area contributed by atoms with E-state index in [-0.39, 0.29) is 24.7 Å². The Morgan fingerprint density at radius 3 is 2.00 bits per heavy atom. The summed E-state index contributed by atoms with van der Waals surface area (Å²) >= 11 is 0. The topological polar surface area (TPSA) is 122 Å². The van der Waals surface area contributed by atoms with Gasteiger partial charge in [-0.15, -0.1) is 0 Å². The molecule has 0 saturated heterocycles. The molecule has 0 aliphatic carbocycles. The maximum Gasteiger partial charge on any atom is 0.307 e. The number of hydrogen-bond donors (Lipinski definition) is 0. The second kappa shape index (κ2) is 19.7. The van der Waals surface area contributed by atoms with Gasteiger partial charge in [-0.25, -0.2) is 0 Å². The Hall–Kier alpha value is -3.49. The van der Waals surface area contributed by atoms with Crippen molar-refractivity contribution in [2.45, 2.75) is 86.5 Å². The first-order valence-electron chi connectivity index (χ1n) is 12.2. The van der Waals surface area contributed by atoms with Crippen molar-refractivity contribution in [1.29, 1.82) is 0 Å². The molecule has 0 amide bonds. The first-order chi connectivity index (χ1) is 17.4. The number of hydrogen-bond acceptors (Lipinski definition) is 9. The summed E-state index contributed by atoms with van der Waals surface area (Å²) in [5.74, 6) is -1.70. The van der Waals surface area contributed by atoms with E-state index in [4.69, 9.17) is 18.9 Å². The molecule has 0 aromatic heterocycles. The standard InChI is InChI=1S/C28H40O9/c1-20(10-8-12-26(17-35-23(4)30)13-14-34-22(3)29)9-7-11-21(2)15-28(33)16-27(18-36-24(5)31)19-37-25(6)32/h10,13-14,17-18,21H,7-9,11-12,15-16,19H2,1-6H3. The molecule has 0 radical (unpaired) electrons. The predicted molar refractivity (Wildman–Crippen MR) is 137 cm³/mol. The quantitative estimate of drug-likeness (QED) is 0.0815. The zero-order chi connectivity index (χ0) is 28.2. The average Bonchev–Trinajstić information content (AvgIpc) is 2.78. The fourth-order valence-corrected chi connectivity index (χ4v) is 3.18. The van der Waals surface area contributed by atoms with Crippen molar-refractivity contribution < 1.29 is 42.9 Å². The van der Waals surface area contributed by atoms with Gasteiger partial charge in [0.1, 0.15) is 12.4 Å². The normalized spacial score (nSPS) is 13.2. The number of carbonyl (C=O) groups excluding carboxylic acids is 5. The van der Waals surface area contributed by atoms with E-state index in [1.165, 1.54) is 52.1 Å². The van der Waals surface area contributed by atoms with E-state index in [9.17, 15) is 24.0 Å². The van der Waals surface area contributed by atoms with Gasteiger partial charge in [0, 0.05) is 46.1 Å². The van der Waals surface area contributed by atoms with Crippen LogP contribution in [0.1, 0.15) is 86.5 Å². The lowest BCUT2D eigenvalue weighted by Crippen LogP contribution is -2.11. The van der Waals surface area contributed by atoms with Crippen LogP contribution in [0.4, 0.5) is 0 Å². The number of ketones is 1. The summed E-state index contributed by atoms with van der Waals surface area (Å²) in [4.78, 5) is 56.5. The van der Waals surface area contributed by atoms with E-state index in [0.717, 1.165) is 25.7 Å². The molecule has 206 valence electrons. The molecule has 0 heterocycles. The van der Waals surface area contributed by atoms with Crippen LogP contribution < -0.4 is 0 Å². The van der Waals surface area contributed by atoms with Crippen LogP contribution in [0.5, 0.6) is 0 Å². The van der Waals surface area contributed by atoms with Crippen LogP contribution in [0.15, 0.2) is 47.7 Å². The van der Waals surface area contributed by atoms with E-state index in [1.807, 2.05) is 13.8 Å². The molecule has 1 atom stereocenters. The third-order valence-corrected chi connectivity index (χ3v) is 4.94. The van der Waals surface area contributed by atoms with E-state index < -0.39 is 23.9 Å². The van der Waals surface area contributed by atoms with Crippen LogP contribution in [-0.2, 0) is 42.9 Å². The minimum atomic E-state index is -0.514. The molecule has 0 rings (SSSR count). The highest BCUT2D eigenvalue weighted by Gasteiger charge is 2.13. The molecule has 9 heteroatoms. The van der Waals surface area contributed by atoms with Gasteiger partial charge in [-0.1, -0.05) is 18.6 Å². The Kier molecular flexibility index (Phi) is 17.8. The second-order valence-electron chi connectivity index (χ2n) is 8.89. The van der Waals surface area contributed by atoms with Gasteiger partial charge in [-0.2, -0.15) is 0 Å².